The smallest absolute Gasteiger partial charge is 0.165 e. The van der Waals surface area contributed by atoms with Gasteiger partial charge in [0.1, 0.15) is 6.61 Å². The van der Waals surface area contributed by atoms with Crippen LogP contribution in [0.4, 0.5) is 4.39 Å². The first kappa shape index (κ1) is 12.1. The molecule has 0 aliphatic heterocycles. The van der Waals surface area contributed by atoms with E-state index in [1.165, 1.54) is 6.07 Å². The number of ether oxygens (including phenoxy) is 1. The topological polar surface area (TPSA) is 25.0 Å². The maximum atomic E-state index is 13.4. The van der Waals surface area contributed by atoms with E-state index in [9.17, 15) is 4.39 Å². The van der Waals surface area contributed by atoms with Crippen molar-refractivity contribution in [1.29, 1.82) is 0 Å². The number of fused-ring (bicyclic) bond motifs is 1. The molecule has 1 aromatic heterocycles. The third kappa shape index (κ3) is 2.29. The molecule has 0 atom stereocenters. The minimum Gasteiger partial charge on any atom is -0.486 e. The van der Waals surface area contributed by atoms with Gasteiger partial charge in [-0.25, -0.2) is 4.39 Å². The van der Waals surface area contributed by atoms with Gasteiger partial charge in [-0.05, 0) is 18.2 Å². The van der Waals surface area contributed by atoms with Crippen molar-refractivity contribution in [3.05, 3.63) is 65.1 Å². The molecule has 0 amide bonds. The van der Waals surface area contributed by atoms with Crippen LogP contribution < -0.4 is 4.74 Å². The number of para-hydroxylation sites is 2. The number of hydrogen-bond donors (Lipinski definition) is 1. The largest absolute Gasteiger partial charge is 0.486 e. The average molecular weight is 276 g/mol. The minimum atomic E-state index is -0.361. The van der Waals surface area contributed by atoms with E-state index in [0.717, 1.165) is 16.5 Å². The summed E-state index contributed by atoms with van der Waals surface area (Å²) in [5.74, 6) is -0.112. The molecule has 19 heavy (non-hydrogen) atoms. The normalized spacial score (nSPS) is 10.8. The number of nitrogens with one attached hydrogen (secondary N) is 1. The van der Waals surface area contributed by atoms with Crippen LogP contribution in [0.15, 0.2) is 48.7 Å². The summed E-state index contributed by atoms with van der Waals surface area (Å²) in [4.78, 5) is 3.10. The van der Waals surface area contributed by atoms with Gasteiger partial charge >= 0.3 is 0 Å². The Bertz CT molecular complexity index is 723. The van der Waals surface area contributed by atoms with E-state index in [0.29, 0.717) is 11.6 Å². The quantitative estimate of drug-likeness (QED) is 0.746. The molecule has 0 bridgehead atoms. The first-order chi connectivity index (χ1) is 9.25. The van der Waals surface area contributed by atoms with Gasteiger partial charge in [-0.3, -0.25) is 0 Å². The third-order valence-electron chi connectivity index (χ3n) is 2.97. The van der Waals surface area contributed by atoms with Crippen LogP contribution in [0.25, 0.3) is 10.9 Å². The fourth-order valence-corrected chi connectivity index (χ4v) is 2.24. The molecule has 2 aromatic carbocycles. The predicted octanol–water partition coefficient (Wildman–Crippen LogP) is 4.54. The summed E-state index contributed by atoms with van der Waals surface area (Å²) in [6, 6.07) is 12.0. The summed E-state index contributed by atoms with van der Waals surface area (Å²) >= 11 is 6.08. The Morgan fingerprint density at radius 1 is 1.11 bits per heavy atom. The van der Waals surface area contributed by atoms with Gasteiger partial charge in [-0.15, -0.1) is 0 Å². The SMILES string of the molecule is Fc1ccccc1OCc1c[nH]c2c(Cl)cccc12. The lowest BCUT2D eigenvalue weighted by Crippen LogP contribution is -1.96. The zero-order valence-electron chi connectivity index (χ0n) is 9.99. The van der Waals surface area contributed by atoms with Crippen LogP contribution in [0, 0.1) is 5.82 Å². The molecule has 0 radical (unpaired) electrons. The second kappa shape index (κ2) is 4.94. The van der Waals surface area contributed by atoms with Crippen LogP contribution in [0.5, 0.6) is 5.75 Å². The molecule has 2 nitrogen and oxygen atoms in total. The fourth-order valence-electron chi connectivity index (χ4n) is 2.01. The number of aromatic amines is 1. The molecule has 1 heterocycles. The lowest BCUT2D eigenvalue weighted by Gasteiger charge is -2.06. The second-order valence-electron chi connectivity index (χ2n) is 4.20. The third-order valence-corrected chi connectivity index (χ3v) is 3.29. The molecule has 0 spiro atoms. The van der Waals surface area contributed by atoms with Crippen LogP contribution in [0.3, 0.4) is 0 Å². The molecule has 0 aliphatic rings. The Kier molecular flexibility index (Phi) is 3.13. The van der Waals surface area contributed by atoms with E-state index in [2.05, 4.69) is 4.98 Å². The second-order valence-corrected chi connectivity index (χ2v) is 4.60. The van der Waals surface area contributed by atoms with Crippen LogP contribution in [0.2, 0.25) is 5.02 Å². The summed E-state index contributed by atoms with van der Waals surface area (Å²) in [6.45, 7) is 0.293. The number of rotatable bonds is 3. The standard InChI is InChI=1S/C15H11ClFNO/c16-12-5-3-4-11-10(8-18-15(11)12)9-19-14-7-2-1-6-13(14)17/h1-8,18H,9H2. The summed E-state index contributed by atoms with van der Waals surface area (Å²) in [5, 5.41) is 1.65. The molecule has 3 aromatic rings. The average Bonchev–Trinajstić information content (AvgIpc) is 2.83. The Morgan fingerprint density at radius 2 is 1.95 bits per heavy atom. The zero-order chi connectivity index (χ0) is 13.2. The van der Waals surface area contributed by atoms with Gasteiger partial charge in [-0.1, -0.05) is 35.9 Å². The first-order valence-corrected chi connectivity index (χ1v) is 6.25. The number of benzene rings is 2. The van der Waals surface area contributed by atoms with Gasteiger partial charge in [0, 0.05) is 17.1 Å². The summed E-state index contributed by atoms with van der Waals surface area (Å²) in [6.07, 6.45) is 1.83. The molecule has 1 N–H and O–H groups in total. The van der Waals surface area contributed by atoms with Crippen molar-refractivity contribution < 1.29 is 9.13 Å². The van der Waals surface area contributed by atoms with Crippen molar-refractivity contribution in [1.82, 2.24) is 4.98 Å². The van der Waals surface area contributed by atoms with Crippen LogP contribution >= 0.6 is 11.6 Å². The van der Waals surface area contributed by atoms with E-state index < -0.39 is 0 Å². The number of H-pyrrole nitrogens is 1. The predicted molar refractivity (Wildman–Crippen MR) is 74.0 cm³/mol. The Morgan fingerprint density at radius 3 is 2.79 bits per heavy atom. The summed E-state index contributed by atoms with van der Waals surface area (Å²) in [7, 11) is 0. The highest BCUT2D eigenvalue weighted by Gasteiger charge is 2.08. The Balaban J connectivity index is 1.87. The maximum absolute atomic E-state index is 13.4. The first-order valence-electron chi connectivity index (χ1n) is 5.87. The van der Waals surface area contributed by atoms with Gasteiger partial charge in [0.2, 0.25) is 0 Å². The molecule has 0 saturated heterocycles. The molecule has 0 saturated carbocycles. The molecule has 0 aliphatic carbocycles. The Labute approximate surface area is 114 Å². The van der Waals surface area contributed by atoms with Crippen LogP contribution in [0.1, 0.15) is 5.56 Å². The van der Waals surface area contributed by atoms with Crippen molar-refractivity contribution in [2.45, 2.75) is 6.61 Å². The van der Waals surface area contributed by atoms with Gasteiger partial charge in [0.05, 0.1) is 10.5 Å². The highest BCUT2D eigenvalue weighted by atomic mass is 35.5. The molecule has 96 valence electrons. The van der Waals surface area contributed by atoms with Crippen LogP contribution in [-0.4, -0.2) is 4.98 Å². The lowest BCUT2D eigenvalue weighted by atomic mass is 10.2. The number of aromatic nitrogens is 1. The van der Waals surface area contributed by atoms with E-state index in [1.807, 2.05) is 24.4 Å². The van der Waals surface area contributed by atoms with Crippen molar-refractivity contribution in [2.24, 2.45) is 0 Å². The monoisotopic (exact) mass is 275 g/mol. The zero-order valence-corrected chi connectivity index (χ0v) is 10.7. The van der Waals surface area contributed by atoms with E-state index >= 15 is 0 Å². The van der Waals surface area contributed by atoms with Gasteiger partial charge in [-0.2, -0.15) is 0 Å². The molecular weight excluding hydrogens is 265 g/mol. The van der Waals surface area contributed by atoms with Gasteiger partial charge < -0.3 is 9.72 Å². The number of hydrogen-bond acceptors (Lipinski definition) is 1. The van der Waals surface area contributed by atoms with E-state index in [-0.39, 0.29) is 11.6 Å². The van der Waals surface area contributed by atoms with E-state index in [4.69, 9.17) is 16.3 Å². The van der Waals surface area contributed by atoms with Crippen molar-refractivity contribution in [3.8, 4) is 5.75 Å². The fraction of sp³-hybridized carbons (Fsp3) is 0.0667. The molecular formula is C15H11ClFNO. The number of halogens is 2. The van der Waals surface area contributed by atoms with Gasteiger partial charge in [0.15, 0.2) is 11.6 Å². The minimum absolute atomic E-state index is 0.249. The van der Waals surface area contributed by atoms with Gasteiger partial charge in [0.25, 0.3) is 0 Å². The molecule has 3 rings (SSSR count). The molecule has 0 unspecified atom stereocenters. The molecule has 0 fully saturated rings. The van der Waals surface area contributed by atoms with Crippen molar-refractivity contribution >= 4 is 22.5 Å². The highest BCUT2D eigenvalue weighted by Crippen LogP contribution is 2.26. The van der Waals surface area contributed by atoms with Crippen LogP contribution in [-0.2, 0) is 6.61 Å². The highest BCUT2D eigenvalue weighted by molar-refractivity contribution is 6.35. The van der Waals surface area contributed by atoms with Crippen molar-refractivity contribution in [2.75, 3.05) is 0 Å². The Hall–Kier alpha value is -2.00. The van der Waals surface area contributed by atoms with Crippen molar-refractivity contribution in [3.63, 3.8) is 0 Å². The summed E-state index contributed by atoms with van der Waals surface area (Å²) < 4.78 is 18.9. The summed E-state index contributed by atoms with van der Waals surface area (Å²) in [5.41, 5.74) is 1.82. The lowest BCUT2D eigenvalue weighted by molar-refractivity contribution is 0.291. The van der Waals surface area contributed by atoms with E-state index in [1.54, 1.807) is 18.2 Å². The maximum Gasteiger partial charge on any atom is 0.165 e. The molecule has 4 heteroatoms.